The summed E-state index contributed by atoms with van der Waals surface area (Å²) in [6.07, 6.45) is 9.84. The largest absolute Gasteiger partial charge is 0.384 e. The maximum absolute atomic E-state index is 13.0. The molecule has 0 saturated heterocycles. The predicted molar refractivity (Wildman–Crippen MR) is 105 cm³/mol. The molecule has 27 heavy (non-hydrogen) atoms. The standard InChI is InChI=1S/C20H20N6O/c21-18-7-14-16(9-22-17(14)10-23-18)11-5-12-8-24-26-19(12)15(6-11)20(27)25-13-3-1-2-4-13/h5-10,13,22H,1-4H2,(H2,21,23)(H,24,26)(H,25,27). The van der Waals surface area contributed by atoms with Crippen LogP contribution >= 0.6 is 0 Å². The van der Waals surface area contributed by atoms with Crippen LogP contribution in [0.4, 0.5) is 5.82 Å². The maximum atomic E-state index is 13.0. The molecule has 5 N–H and O–H groups in total. The Morgan fingerprint density at radius 1 is 1.19 bits per heavy atom. The predicted octanol–water partition coefficient (Wildman–Crippen LogP) is 3.36. The smallest absolute Gasteiger partial charge is 0.253 e. The number of carbonyl (C=O) groups is 1. The van der Waals surface area contributed by atoms with E-state index in [-0.39, 0.29) is 11.9 Å². The molecule has 1 aliphatic carbocycles. The van der Waals surface area contributed by atoms with Crippen LogP contribution in [0.1, 0.15) is 36.0 Å². The minimum atomic E-state index is -0.0565. The average Bonchev–Trinajstić information content (AvgIpc) is 3.40. The van der Waals surface area contributed by atoms with Crippen LogP contribution in [0.3, 0.4) is 0 Å². The number of nitrogens with one attached hydrogen (secondary N) is 3. The summed E-state index contributed by atoms with van der Waals surface area (Å²) in [6.45, 7) is 0. The van der Waals surface area contributed by atoms with Gasteiger partial charge in [0.25, 0.3) is 5.91 Å². The van der Waals surface area contributed by atoms with Crippen LogP contribution in [-0.2, 0) is 0 Å². The Balaban J connectivity index is 1.62. The zero-order chi connectivity index (χ0) is 18.4. The molecule has 0 aliphatic heterocycles. The zero-order valence-corrected chi connectivity index (χ0v) is 14.7. The Morgan fingerprint density at radius 3 is 2.89 bits per heavy atom. The highest BCUT2D eigenvalue weighted by molar-refractivity contribution is 6.08. The van der Waals surface area contributed by atoms with Gasteiger partial charge in [0.2, 0.25) is 0 Å². The van der Waals surface area contributed by atoms with E-state index in [2.05, 4.69) is 25.5 Å². The highest BCUT2D eigenvalue weighted by Crippen LogP contribution is 2.32. The first-order chi connectivity index (χ1) is 13.2. The van der Waals surface area contributed by atoms with Crippen molar-refractivity contribution in [1.82, 2.24) is 25.5 Å². The maximum Gasteiger partial charge on any atom is 0.253 e. The fourth-order valence-electron chi connectivity index (χ4n) is 4.00. The molecule has 136 valence electrons. The summed E-state index contributed by atoms with van der Waals surface area (Å²) in [7, 11) is 0. The fourth-order valence-corrected chi connectivity index (χ4v) is 4.00. The molecule has 3 heterocycles. The first kappa shape index (κ1) is 15.9. The van der Waals surface area contributed by atoms with Gasteiger partial charge in [0.1, 0.15) is 5.82 Å². The van der Waals surface area contributed by atoms with Crippen molar-refractivity contribution in [3.63, 3.8) is 0 Å². The highest BCUT2D eigenvalue weighted by atomic mass is 16.1. The Kier molecular flexibility index (Phi) is 3.60. The molecule has 5 rings (SSSR count). The van der Waals surface area contributed by atoms with E-state index in [0.29, 0.717) is 11.4 Å². The summed E-state index contributed by atoms with van der Waals surface area (Å²) in [6, 6.07) is 6.06. The molecule has 0 spiro atoms. The fraction of sp³-hybridized carbons (Fsp3) is 0.250. The second kappa shape index (κ2) is 6.12. The van der Waals surface area contributed by atoms with Crippen LogP contribution in [-0.4, -0.2) is 32.1 Å². The summed E-state index contributed by atoms with van der Waals surface area (Å²) >= 11 is 0. The first-order valence-electron chi connectivity index (χ1n) is 9.20. The molecule has 1 amide bonds. The Bertz CT molecular complexity index is 1150. The lowest BCUT2D eigenvalue weighted by Gasteiger charge is -2.13. The van der Waals surface area contributed by atoms with E-state index in [1.807, 2.05) is 24.4 Å². The monoisotopic (exact) mass is 360 g/mol. The van der Waals surface area contributed by atoms with E-state index >= 15 is 0 Å². The number of nitrogens with zero attached hydrogens (tertiary/aromatic N) is 2. The van der Waals surface area contributed by atoms with Crippen molar-refractivity contribution in [2.45, 2.75) is 31.7 Å². The Labute approximate surface area is 155 Å². The van der Waals surface area contributed by atoms with E-state index < -0.39 is 0 Å². The van der Waals surface area contributed by atoms with Crippen molar-refractivity contribution in [2.24, 2.45) is 0 Å². The number of anilines is 1. The van der Waals surface area contributed by atoms with Crippen molar-refractivity contribution in [3.8, 4) is 11.1 Å². The van der Waals surface area contributed by atoms with E-state index in [1.165, 1.54) is 12.8 Å². The van der Waals surface area contributed by atoms with Gasteiger partial charge in [-0.3, -0.25) is 9.89 Å². The minimum Gasteiger partial charge on any atom is -0.384 e. The molecule has 0 unspecified atom stereocenters. The van der Waals surface area contributed by atoms with E-state index in [0.717, 1.165) is 45.8 Å². The molecule has 3 aromatic heterocycles. The van der Waals surface area contributed by atoms with Gasteiger partial charge < -0.3 is 16.0 Å². The number of pyridine rings is 1. The molecule has 0 atom stereocenters. The lowest BCUT2D eigenvalue weighted by atomic mass is 9.99. The second-order valence-corrected chi connectivity index (χ2v) is 7.17. The number of benzene rings is 1. The van der Waals surface area contributed by atoms with Gasteiger partial charge in [-0.2, -0.15) is 5.10 Å². The SMILES string of the molecule is Nc1cc2c(-c3cc(C(=O)NC4CCCC4)c4[nH]ncc4c3)c[nH]c2cn1. The van der Waals surface area contributed by atoms with Gasteiger partial charge >= 0.3 is 0 Å². The quantitative estimate of drug-likeness (QED) is 0.449. The summed E-state index contributed by atoms with van der Waals surface area (Å²) in [5.74, 6) is 0.408. The molecule has 0 bridgehead atoms. The number of hydrogen-bond donors (Lipinski definition) is 4. The van der Waals surface area contributed by atoms with E-state index in [4.69, 9.17) is 5.73 Å². The molecule has 1 aliphatic rings. The highest BCUT2D eigenvalue weighted by Gasteiger charge is 2.21. The van der Waals surface area contributed by atoms with Gasteiger partial charge in [-0.05, 0) is 36.6 Å². The molecule has 4 aromatic rings. The van der Waals surface area contributed by atoms with Gasteiger partial charge in [0.15, 0.2) is 0 Å². The van der Waals surface area contributed by atoms with Gasteiger partial charge in [-0.25, -0.2) is 4.98 Å². The number of carbonyl (C=O) groups excluding carboxylic acids is 1. The molecular weight excluding hydrogens is 340 g/mol. The van der Waals surface area contributed by atoms with Crippen LogP contribution < -0.4 is 11.1 Å². The third-order valence-corrected chi connectivity index (χ3v) is 5.38. The van der Waals surface area contributed by atoms with Gasteiger partial charge in [-0.15, -0.1) is 0 Å². The van der Waals surface area contributed by atoms with Crippen molar-refractivity contribution >= 4 is 33.5 Å². The number of aromatic nitrogens is 4. The Hall–Kier alpha value is -3.35. The zero-order valence-electron chi connectivity index (χ0n) is 14.7. The van der Waals surface area contributed by atoms with Crippen molar-refractivity contribution in [2.75, 3.05) is 5.73 Å². The summed E-state index contributed by atoms with van der Waals surface area (Å²) in [4.78, 5) is 20.3. The van der Waals surface area contributed by atoms with Crippen molar-refractivity contribution in [3.05, 3.63) is 42.4 Å². The molecule has 1 aromatic carbocycles. The van der Waals surface area contributed by atoms with Gasteiger partial charge in [-0.1, -0.05) is 12.8 Å². The summed E-state index contributed by atoms with van der Waals surface area (Å²) in [5, 5.41) is 12.2. The molecule has 7 heteroatoms. The second-order valence-electron chi connectivity index (χ2n) is 7.17. The third kappa shape index (κ3) is 2.71. The number of hydrogen-bond acceptors (Lipinski definition) is 4. The topological polar surface area (TPSA) is 112 Å². The number of fused-ring (bicyclic) bond motifs is 2. The van der Waals surface area contributed by atoms with Crippen LogP contribution in [0.5, 0.6) is 0 Å². The first-order valence-corrected chi connectivity index (χ1v) is 9.20. The normalized spacial score (nSPS) is 15.0. The van der Waals surface area contributed by atoms with E-state index in [1.54, 1.807) is 12.4 Å². The van der Waals surface area contributed by atoms with Crippen LogP contribution in [0, 0.1) is 0 Å². The van der Waals surface area contributed by atoms with Crippen LogP contribution in [0.15, 0.2) is 36.8 Å². The van der Waals surface area contributed by atoms with Crippen molar-refractivity contribution < 1.29 is 4.79 Å². The third-order valence-electron chi connectivity index (χ3n) is 5.38. The van der Waals surface area contributed by atoms with E-state index in [9.17, 15) is 4.79 Å². The molecule has 1 fully saturated rings. The van der Waals surface area contributed by atoms with Crippen molar-refractivity contribution in [1.29, 1.82) is 0 Å². The van der Waals surface area contributed by atoms with Gasteiger partial charge in [0.05, 0.1) is 29.0 Å². The van der Waals surface area contributed by atoms with Crippen LogP contribution in [0.2, 0.25) is 0 Å². The molecule has 0 radical (unpaired) electrons. The molecular formula is C20H20N6O. The lowest BCUT2D eigenvalue weighted by molar-refractivity contribution is 0.0939. The Morgan fingerprint density at radius 2 is 2.04 bits per heavy atom. The van der Waals surface area contributed by atoms with Gasteiger partial charge in [0, 0.05) is 28.6 Å². The number of amides is 1. The average molecular weight is 360 g/mol. The lowest BCUT2D eigenvalue weighted by Crippen LogP contribution is -2.32. The molecule has 7 nitrogen and oxygen atoms in total. The number of nitrogen functional groups attached to an aromatic ring is 1. The number of rotatable bonds is 3. The minimum absolute atomic E-state index is 0.0565. The number of nitrogens with two attached hydrogens (primary N) is 1. The number of aromatic amines is 2. The van der Waals surface area contributed by atoms with Crippen LogP contribution in [0.25, 0.3) is 32.9 Å². The molecule has 1 saturated carbocycles. The number of H-pyrrole nitrogens is 2. The summed E-state index contributed by atoms with van der Waals surface area (Å²) < 4.78 is 0. The summed E-state index contributed by atoms with van der Waals surface area (Å²) in [5.41, 5.74) is 10.1.